The Morgan fingerprint density at radius 2 is 1.89 bits per heavy atom. The predicted octanol–water partition coefficient (Wildman–Crippen LogP) is 2.79. The Morgan fingerprint density at radius 1 is 1.21 bits per heavy atom. The fourth-order valence-corrected chi connectivity index (χ4v) is 4.42. The fourth-order valence-electron chi connectivity index (χ4n) is 3.09. The second kappa shape index (κ2) is 8.89. The molecule has 0 bridgehead atoms. The molecule has 3 rings (SSSR count). The fraction of sp³-hybridized carbons (Fsp3) is 0.316. The lowest BCUT2D eigenvalue weighted by atomic mass is 10.1. The van der Waals surface area contributed by atoms with Gasteiger partial charge in [0.05, 0.1) is 4.90 Å². The van der Waals surface area contributed by atoms with Crippen molar-refractivity contribution in [1.29, 1.82) is 0 Å². The molecule has 1 saturated heterocycles. The molecule has 0 aliphatic carbocycles. The van der Waals surface area contributed by atoms with Crippen LogP contribution < -0.4 is 10.0 Å². The van der Waals surface area contributed by atoms with Gasteiger partial charge in [-0.05, 0) is 61.9 Å². The van der Waals surface area contributed by atoms with E-state index in [4.69, 9.17) is 0 Å². The van der Waals surface area contributed by atoms with Crippen molar-refractivity contribution in [2.75, 3.05) is 24.9 Å². The number of hydrogen-bond donors (Lipinski definition) is 2. The monoisotopic (exact) mass is 427 g/mol. The maximum absolute atomic E-state index is 13.0. The van der Waals surface area contributed by atoms with Crippen molar-refractivity contribution in [3.63, 3.8) is 0 Å². The highest BCUT2D eigenvalue weighted by Gasteiger charge is 2.26. The Hall–Kier alpha value is -2.16. The number of hydrogen-bond acceptors (Lipinski definition) is 4. The van der Waals surface area contributed by atoms with Crippen LogP contribution >= 0.6 is 12.4 Å². The SMILES string of the molecule is Cc1ccc(C(=O)N(C)C2CCNC2)cc1S(=O)(=O)Nc1ccc(F)cc1.Cl. The van der Waals surface area contributed by atoms with E-state index in [1.165, 1.54) is 30.3 Å². The molecule has 6 nitrogen and oxygen atoms in total. The van der Waals surface area contributed by atoms with Gasteiger partial charge < -0.3 is 10.2 Å². The van der Waals surface area contributed by atoms with Gasteiger partial charge in [-0.25, -0.2) is 12.8 Å². The summed E-state index contributed by atoms with van der Waals surface area (Å²) in [4.78, 5) is 14.4. The highest BCUT2D eigenvalue weighted by molar-refractivity contribution is 7.92. The largest absolute Gasteiger partial charge is 0.337 e. The maximum atomic E-state index is 13.0. The third-order valence-corrected chi connectivity index (χ3v) is 6.25. The minimum atomic E-state index is -3.91. The molecule has 1 aliphatic heterocycles. The van der Waals surface area contributed by atoms with Crippen molar-refractivity contribution < 1.29 is 17.6 Å². The quantitative estimate of drug-likeness (QED) is 0.769. The van der Waals surface area contributed by atoms with Crippen LogP contribution in [0.2, 0.25) is 0 Å². The Balaban J connectivity index is 0.00000280. The lowest BCUT2D eigenvalue weighted by Gasteiger charge is -2.24. The molecule has 152 valence electrons. The summed E-state index contributed by atoms with van der Waals surface area (Å²) in [6.45, 7) is 3.25. The number of amides is 1. The van der Waals surface area contributed by atoms with Gasteiger partial charge in [-0.3, -0.25) is 9.52 Å². The van der Waals surface area contributed by atoms with Crippen LogP contribution in [0.4, 0.5) is 10.1 Å². The number of aryl methyl sites for hydroxylation is 1. The molecule has 1 heterocycles. The van der Waals surface area contributed by atoms with Crippen molar-refractivity contribution in [2.24, 2.45) is 0 Å². The Morgan fingerprint density at radius 3 is 2.50 bits per heavy atom. The van der Waals surface area contributed by atoms with Crippen molar-refractivity contribution in [2.45, 2.75) is 24.3 Å². The molecule has 28 heavy (non-hydrogen) atoms. The van der Waals surface area contributed by atoms with E-state index >= 15 is 0 Å². The van der Waals surface area contributed by atoms with E-state index in [0.29, 0.717) is 11.1 Å². The normalized spacial score (nSPS) is 16.3. The molecular formula is C19H23ClFN3O3S. The minimum absolute atomic E-state index is 0. The number of rotatable bonds is 5. The molecule has 2 aromatic rings. The number of nitrogens with one attached hydrogen (secondary N) is 2. The summed E-state index contributed by atoms with van der Waals surface area (Å²) >= 11 is 0. The number of nitrogens with zero attached hydrogens (tertiary/aromatic N) is 1. The van der Waals surface area contributed by atoms with Crippen LogP contribution in [-0.2, 0) is 10.0 Å². The van der Waals surface area contributed by atoms with Crippen LogP contribution in [-0.4, -0.2) is 45.4 Å². The van der Waals surface area contributed by atoms with Crippen LogP contribution in [0.3, 0.4) is 0 Å². The van der Waals surface area contributed by atoms with Crippen LogP contribution in [0.15, 0.2) is 47.4 Å². The lowest BCUT2D eigenvalue weighted by Crippen LogP contribution is -2.38. The molecule has 2 aromatic carbocycles. The molecular weight excluding hydrogens is 405 g/mol. The average Bonchev–Trinajstić information content (AvgIpc) is 3.17. The van der Waals surface area contributed by atoms with Gasteiger partial charge in [-0.1, -0.05) is 6.07 Å². The van der Waals surface area contributed by atoms with Gasteiger partial charge in [-0.15, -0.1) is 12.4 Å². The molecule has 1 unspecified atom stereocenters. The van der Waals surface area contributed by atoms with Crippen LogP contribution in [0.5, 0.6) is 0 Å². The van der Waals surface area contributed by atoms with E-state index in [-0.39, 0.29) is 34.9 Å². The van der Waals surface area contributed by atoms with Gasteiger partial charge in [0.15, 0.2) is 0 Å². The van der Waals surface area contributed by atoms with Crippen molar-refractivity contribution in [3.8, 4) is 0 Å². The molecule has 0 spiro atoms. The van der Waals surface area contributed by atoms with Gasteiger partial charge >= 0.3 is 0 Å². The summed E-state index contributed by atoms with van der Waals surface area (Å²) in [7, 11) is -2.19. The Labute approximate surface area is 170 Å². The third kappa shape index (κ3) is 4.81. The lowest BCUT2D eigenvalue weighted by molar-refractivity contribution is 0.0743. The summed E-state index contributed by atoms with van der Waals surface area (Å²) in [5.41, 5.74) is 1.09. The zero-order chi connectivity index (χ0) is 19.6. The second-order valence-electron chi connectivity index (χ2n) is 6.66. The smallest absolute Gasteiger partial charge is 0.262 e. The summed E-state index contributed by atoms with van der Waals surface area (Å²) < 4.78 is 41.0. The first-order chi connectivity index (χ1) is 12.8. The van der Waals surface area contributed by atoms with Crippen molar-refractivity contribution in [3.05, 3.63) is 59.4 Å². The summed E-state index contributed by atoms with van der Waals surface area (Å²) in [5, 5.41) is 3.21. The summed E-state index contributed by atoms with van der Waals surface area (Å²) in [5.74, 6) is -0.673. The Kier molecular flexibility index (Phi) is 7.03. The molecule has 1 atom stereocenters. The topological polar surface area (TPSA) is 78.5 Å². The number of likely N-dealkylation sites (N-methyl/N-ethyl adjacent to an activating group) is 1. The van der Waals surface area contributed by atoms with E-state index in [0.717, 1.165) is 19.5 Å². The van der Waals surface area contributed by atoms with E-state index in [1.54, 1.807) is 31.0 Å². The number of carbonyl (C=O) groups excluding carboxylic acids is 1. The highest BCUT2D eigenvalue weighted by atomic mass is 35.5. The van der Waals surface area contributed by atoms with Gasteiger partial charge in [0.1, 0.15) is 5.82 Å². The molecule has 0 radical (unpaired) electrons. The zero-order valence-electron chi connectivity index (χ0n) is 15.6. The minimum Gasteiger partial charge on any atom is -0.337 e. The summed E-state index contributed by atoms with van der Waals surface area (Å²) in [6.07, 6.45) is 0.866. The van der Waals surface area contributed by atoms with Crippen molar-refractivity contribution in [1.82, 2.24) is 10.2 Å². The first kappa shape index (κ1) is 22.1. The Bertz CT molecular complexity index is 945. The predicted molar refractivity (Wildman–Crippen MR) is 109 cm³/mol. The number of benzene rings is 2. The van der Waals surface area contributed by atoms with E-state index in [1.807, 2.05) is 0 Å². The third-order valence-electron chi connectivity index (χ3n) is 4.72. The summed E-state index contributed by atoms with van der Waals surface area (Å²) in [6, 6.07) is 9.78. The molecule has 2 N–H and O–H groups in total. The first-order valence-corrected chi connectivity index (χ1v) is 10.1. The van der Waals surface area contributed by atoms with Gasteiger partial charge in [0, 0.05) is 30.9 Å². The number of halogens is 2. The number of sulfonamides is 1. The molecule has 0 saturated carbocycles. The van der Waals surface area contributed by atoms with E-state index in [9.17, 15) is 17.6 Å². The molecule has 0 aromatic heterocycles. The van der Waals surface area contributed by atoms with Crippen LogP contribution in [0.25, 0.3) is 0 Å². The average molecular weight is 428 g/mol. The molecule has 1 aliphatic rings. The van der Waals surface area contributed by atoms with Gasteiger partial charge in [-0.2, -0.15) is 0 Å². The van der Waals surface area contributed by atoms with Crippen LogP contribution in [0.1, 0.15) is 22.3 Å². The van der Waals surface area contributed by atoms with E-state index < -0.39 is 15.8 Å². The molecule has 1 fully saturated rings. The molecule has 9 heteroatoms. The second-order valence-corrected chi connectivity index (χ2v) is 8.31. The maximum Gasteiger partial charge on any atom is 0.262 e. The first-order valence-electron chi connectivity index (χ1n) is 8.65. The van der Waals surface area contributed by atoms with E-state index in [2.05, 4.69) is 10.0 Å². The van der Waals surface area contributed by atoms with Crippen molar-refractivity contribution >= 4 is 34.0 Å². The van der Waals surface area contributed by atoms with Gasteiger partial charge in [0.2, 0.25) is 0 Å². The van der Waals surface area contributed by atoms with Crippen LogP contribution in [0, 0.1) is 12.7 Å². The van der Waals surface area contributed by atoms with Gasteiger partial charge in [0.25, 0.3) is 15.9 Å². The zero-order valence-corrected chi connectivity index (χ0v) is 17.2. The number of carbonyl (C=O) groups is 1. The standard InChI is InChI=1S/C19H22FN3O3S.ClH/c1-13-3-4-14(19(24)23(2)17-9-10-21-12-17)11-18(13)27(25,26)22-16-7-5-15(20)6-8-16;/h3-8,11,17,21-22H,9-10,12H2,1-2H3;1H. The molecule has 1 amide bonds. The number of anilines is 1. The highest BCUT2D eigenvalue weighted by Crippen LogP contribution is 2.22.